The van der Waals surface area contributed by atoms with E-state index in [1.807, 2.05) is 24.3 Å². The van der Waals surface area contributed by atoms with Crippen LogP contribution in [0.4, 0.5) is 0 Å². The monoisotopic (exact) mass is 378 g/mol. The highest BCUT2D eigenvalue weighted by molar-refractivity contribution is 9.10. The molecule has 0 spiro atoms. The van der Waals surface area contributed by atoms with Gasteiger partial charge in [0.15, 0.2) is 11.3 Å². The molecule has 5 nitrogen and oxygen atoms in total. The Balaban J connectivity index is 1.76. The lowest BCUT2D eigenvalue weighted by molar-refractivity contribution is -0.123. The van der Waals surface area contributed by atoms with Crippen LogP contribution in [-0.2, 0) is 4.79 Å². The van der Waals surface area contributed by atoms with E-state index in [-0.39, 0.29) is 12.5 Å². The molecule has 0 radical (unpaired) electrons. The number of hydrazone groups is 1. The number of nitrogens with zero attached hydrogens (tertiary/aromatic N) is 1. The van der Waals surface area contributed by atoms with E-state index in [1.54, 1.807) is 12.1 Å². The third kappa shape index (κ3) is 5.56. The third-order valence-corrected chi connectivity index (χ3v) is 3.83. The Kier molecular flexibility index (Phi) is 6.40. The van der Waals surface area contributed by atoms with Gasteiger partial charge < -0.3 is 9.15 Å². The summed E-state index contributed by atoms with van der Waals surface area (Å²) in [5.41, 5.74) is 3.64. The molecule has 1 aromatic heterocycles. The van der Waals surface area contributed by atoms with Crippen molar-refractivity contribution in [2.24, 2.45) is 5.10 Å². The van der Waals surface area contributed by atoms with Gasteiger partial charge in [0.05, 0.1) is 6.21 Å². The number of carbonyl (C=O) groups is 1. The number of furan rings is 1. The van der Waals surface area contributed by atoms with Crippen molar-refractivity contribution in [2.75, 3.05) is 6.61 Å². The van der Waals surface area contributed by atoms with Gasteiger partial charge in [-0.25, -0.2) is 5.43 Å². The van der Waals surface area contributed by atoms with Crippen molar-refractivity contribution in [3.63, 3.8) is 0 Å². The second kappa shape index (κ2) is 8.53. The quantitative estimate of drug-likeness (QED) is 0.582. The molecule has 1 amide bonds. The van der Waals surface area contributed by atoms with Crippen LogP contribution in [-0.4, -0.2) is 18.7 Å². The second-order valence-corrected chi connectivity index (χ2v) is 5.88. The minimum absolute atomic E-state index is 0.0954. The molecular formula is C17H19BrN2O3. The standard InChI is InChI=1S/C17H19BrN2O3/c1-3-12(2)13-4-6-14(7-5-13)22-11-17(21)20-19-10-15-8-9-16(18)23-15/h4-10,12H,3,11H2,1-2H3,(H,20,21)/b19-10+. The van der Waals surface area contributed by atoms with E-state index >= 15 is 0 Å². The lowest BCUT2D eigenvalue weighted by Crippen LogP contribution is -2.24. The molecule has 2 aromatic rings. The minimum atomic E-state index is -0.335. The molecule has 122 valence electrons. The Morgan fingerprint density at radius 1 is 1.35 bits per heavy atom. The molecule has 1 heterocycles. The normalized spacial score (nSPS) is 12.3. The minimum Gasteiger partial charge on any atom is -0.484 e. The van der Waals surface area contributed by atoms with Crippen LogP contribution in [0.1, 0.15) is 37.5 Å². The van der Waals surface area contributed by atoms with Crippen molar-refractivity contribution >= 4 is 28.1 Å². The molecule has 0 saturated carbocycles. The number of benzene rings is 1. The molecule has 1 N–H and O–H groups in total. The molecule has 1 aromatic carbocycles. The SMILES string of the molecule is CCC(C)c1ccc(OCC(=O)N/N=C/c2ccc(Br)o2)cc1. The number of amides is 1. The number of ether oxygens (including phenoxy) is 1. The van der Waals surface area contributed by atoms with Crippen molar-refractivity contribution in [3.05, 3.63) is 52.4 Å². The summed E-state index contributed by atoms with van der Waals surface area (Å²) in [5.74, 6) is 1.38. The maximum absolute atomic E-state index is 11.6. The van der Waals surface area contributed by atoms with Crippen LogP contribution in [0.5, 0.6) is 5.75 Å². The molecule has 0 aliphatic rings. The number of carbonyl (C=O) groups excluding carboxylic acids is 1. The fraction of sp³-hybridized carbons (Fsp3) is 0.294. The lowest BCUT2D eigenvalue weighted by Gasteiger charge is -2.10. The molecular weight excluding hydrogens is 360 g/mol. The third-order valence-electron chi connectivity index (χ3n) is 3.41. The Morgan fingerprint density at radius 2 is 2.09 bits per heavy atom. The summed E-state index contributed by atoms with van der Waals surface area (Å²) in [6, 6.07) is 11.3. The van der Waals surface area contributed by atoms with Gasteiger partial charge in [0, 0.05) is 0 Å². The average Bonchev–Trinajstić information content (AvgIpc) is 2.98. The van der Waals surface area contributed by atoms with Gasteiger partial charge in [-0.05, 0) is 58.1 Å². The van der Waals surface area contributed by atoms with Crippen molar-refractivity contribution in [2.45, 2.75) is 26.2 Å². The zero-order chi connectivity index (χ0) is 16.7. The van der Waals surface area contributed by atoms with E-state index in [0.717, 1.165) is 6.42 Å². The Bertz CT molecular complexity index is 665. The van der Waals surface area contributed by atoms with Crippen molar-refractivity contribution < 1.29 is 13.9 Å². The molecule has 6 heteroatoms. The number of hydrogen-bond donors (Lipinski definition) is 1. The zero-order valence-corrected chi connectivity index (χ0v) is 14.7. The summed E-state index contributed by atoms with van der Waals surface area (Å²) >= 11 is 3.19. The lowest BCUT2D eigenvalue weighted by atomic mass is 9.99. The van der Waals surface area contributed by atoms with Gasteiger partial charge >= 0.3 is 0 Å². The van der Waals surface area contributed by atoms with E-state index in [4.69, 9.17) is 9.15 Å². The van der Waals surface area contributed by atoms with Crippen LogP contribution >= 0.6 is 15.9 Å². The molecule has 0 saturated heterocycles. The fourth-order valence-corrected chi connectivity index (χ4v) is 2.19. The zero-order valence-electron chi connectivity index (χ0n) is 13.1. The molecule has 23 heavy (non-hydrogen) atoms. The maximum Gasteiger partial charge on any atom is 0.277 e. The van der Waals surface area contributed by atoms with E-state index in [2.05, 4.69) is 40.3 Å². The van der Waals surface area contributed by atoms with Crippen LogP contribution in [0.2, 0.25) is 0 Å². The van der Waals surface area contributed by atoms with E-state index < -0.39 is 0 Å². The summed E-state index contributed by atoms with van der Waals surface area (Å²) in [4.78, 5) is 11.6. The predicted octanol–water partition coefficient (Wildman–Crippen LogP) is 4.08. The van der Waals surface area contributed by atoms with E-state index in [1.165, 1.54) is 11.8 Å². The highest BCUT2D eigenvalue weighted by atomic mass is 79.9. The van der Waals surface area contributed by atoms with Crippen LogP contribution in [0.15, 0.2) is 50.6 Å². The first kappa shape index (κ1) is 17.3. The first-order valence-corrected chi connectivity index (χ1v) is 8.17. The largest absolute Gasteiger partial charge is 0.484 e. The van der Waals surface area contributed by atoms with Gasteiger partial charge in [-0.2, -0.15) is 5.10 Å². The summed E-state index contributed by atoms with van der Waals surface area (Å²) in [6.07, 6.45) is 2.51. The number of hydrogen-bond acceptors (Lipinski definition) is 4. The average molecular weight is 379 g/mol. The Labute approximate surface area is 143 Å². The van der Waals surface area contributed by atoms with E-state index in [0.29, 0.717) is 22.1 Å². The molecule has 0 aliphatic heterocycles. The van der Waals surface area contributed by atoms with Crippen molar-refractivity contribution in [1.82, 2.24) is 5.43 Å². The predicted molar refractivity (Wildman–Crippen MR) is 92.8 cm³/mol. The Morgan fingerprint density at radius 3 is 2.70 bits per heavy atom. The molecule has 0 bridgehead atoms. The smallest absolute Gasteiger partial charge is 0.277 e. The van der Waals surface area contributed by atoms with Gasteiger partial charge in [-0.3, -0.25) is 4.79 Å². The molecule has 2 rings (SSSR count). The highest BCUT2D eigenvalue weighted by Crippen LogP contribution is 2.21. The van der Waals surface area contributed by atoms with Crippen molar-refractivity contribution in [3.8, 4) is 5.75 Å². The fourth-order valence-electron chi connectivity index (χ4n) is 1.87. The molecule has 1 unspecified atom stereocenters. The molecule has 0 fully saturated rings. The topological polar surface area (TPSA) is 63.8 Å². The summed E-state index contributed by atoms with van der Waals surface area (Å²) in [6.45, 7) is 4.24. The van der Waals surface area contributed by atoms with Gasteiger partial charge in [-0.1, -0.05) is 26.0 Å². The highest BCUT2D eigenvalue weighted by Gasteiger charge is 2.05. The number of halogens is 1. The first-order valence-electron chi connectivity index (χ1n) is 7.38. The molecule has 1 atom stereocenters. The Hall–Kier alpha value is -2.08. The summed E-state index contributed by atoms with van der Waals surface area (Å²) < 4.78 is 11.3. The summed E-state index contributed by atoms with van der Waals surface area (Å²) in [7, 11) is 0. The first-order chi connectivity index (χ1) is 11.1. The van der Waals surface area contributed by atoms with E-state index in [9.17, 15) is 4.79 Å². The van der Waals surface area contributed by atoms with Crippen LogP contribution in [0.3, 0.4) is 0 Å². The number of nitrogens with one attached hydrogen (secondary N) is 1. The van der Waals surface area contributed by atoms with Gasteiger partial charge in [-0.15, -0.1) is 0 Å². The number of rotatable bonds is 7. The van der Waals surface area contributed by atoms with Gasteiger partial charge in [0.2, 0.25) is 0 Å². The van der Waals surface area contributed by atoms with Crippen LogP contribution in [0.25, 0.3) is 0 Å². The maximum atomic E-state index is 11.6. The van der Waals surface area contributed by atoms with Gasteiger partial charge in [0.1, 0.15) is 11.5 Å². The van der Waals surface area contributed by atoms with Crippen LogP contribution in [0, 0.1) is 0 Å². The van der Waals surface area contributed by atoms with Gasteiger partial charge in [0.25, 0.3) is 5.91 Å². The molecule has 0 aliphatic carbocycles. The van der Waals surface area contributed by atoms with Crippen molar-refractivity contribution in [1.29, 1.82) is 0 Å². The second-order valence-electron chi connectivity index (χ2n) is 5.10. The van der Waals surface area contributed by atoms with Crippen LogP contribution < -0.4 is 10.2 Å². The summed E-state index contributed by atoms with van der Waals surface area (Å²) in [5, 5.41) is 3.80.